The van der Waals surface area contributed by atoms with Crippen molar-refractivity contribution in [2.45, 2.75) is 11.8 Å². The summed E-state index contributed by atoms with van der Waals surface area (Å²) >= 11 is 0. The minimum Gasteiger partial charge on any atom is -0.353 e. The molecule has 0 unspecified atom stereocenters. The second kappa shape index (κ2) is 9.48. The van der Waals surface area contributed by atoms with Crippen LogP contribution >= 0.6 is 0 Å². The molecule has 0 bridgehead atoms. The number of benzene rings is 2. The number of nitrogens with zero attached hydrogens (tertiary/aromatic N) is 4. The highest BCUT2D eigenvalue weighted by molar-refractivity contribution is 7.92. The lowest BCUT2D eigenvalue weighted by Gasteiger charge is -2.35. The molecule has 0 atom stereocenters. The SMILES string of the molecule is Cc1ccc(S(=O)(=O)Nc2ccc(C(=O)N3CCN(c4ccccn4)CC3)cc2)cc1[N+](=O)[O-]. The second-order valence-electron chi connectivity index (χ2n) is 7.86. The van der Waals surface area contributed by atoms with E-state index in [9.17, 15) is 23.3 Å². The predicted octanol–water partition coefficient (Wildman–Crippen LogP) is 3.06. The maximum atomic E-state index is 12.9. The number of hydrogen-bond donors (Lipinski definition) is 1. The summed E-state index contributed by atoms with van der Waals surface area (Å²) in [5, 5.41) is 11.1. The van der Waals surface area contributed by atoms with E-state index < -0.39 is 14.9 Å². The molecule has 0 spiro atoms. The van der Waals surface area contributed by atoms with Gasteiger partial charge in [0.2, 0.25) is 0 Å². The molecule has 1 saturated heterocycles. The van der Waals surface area contributed by atoms with Crippen molar-refractivity contribution in [2.75, 3.05) is 35.8 Å². The van der Waals surface area contributed by atoms with Gasteiger partial charge in [-0.3, -0.25) is 19.6 Å². The summed E-state index contributed by atoms with van der Waals surface area (Å²) in [5.41, 5.74) is 0.791. The van der Waals surface area contributed by atoms with Crippen LogP contribution in [0.4, 0.5) is 17.2 Å². The van der Waals surface area contributed by atoms with Gasteiger partial charge in [0.1, 0.15) is 5.82 Å². The number of nitro groups is 1. The molecule has 4 rings (SSSR count). The largest absolute Gasteiger partial charge is 0.353 e. The number of piperazine rings is 1. The Morgan fingerprint density at radius 2 is 1.74 bits per heavy atom. The highest BCUT2D eigenvalue weighted by Gasteiger charge is 2.23. The standard InChI is InChI=1S/C23H23N5O5S/c1-17-5-10-20(16-21(17)28(30)31)34(32,33)25-19-8-6-18(7-9-19)23(29)27-14-12-26(13-15-27)22-4-2-3-11-24-22/h2-11,16,25H,12-15H2,1H3. The van der Waals surface area contributed by atoms with E-state index in [1.54, 1.807) is 23.2 Å². The summed E-state index contributed by atoms with van der Waals surface area (Å²) in [4.78, 5) is 31.4. The normalized spacial score (nSPS) is 14.0. The van der Waals surface area contributed by atoms with Gasteiger partial charge in [-0.1, -0.05) is 12.1 Å². The van der Waals surface area contributed by atoms with Crippen LogP contribution in [0.3, 0.4) is 0 Å². The van der Waals surface area contributed by atoms with E-state index >= 15 is 0 Å². The highest BCUT2D eigenvalue weighted by Crippen LogP contribution is 2.24. The van der Waals surface area contributed by atoms with Crippen molar-refractivity contribution in [1.82, 2.24) is 9.88 Å². The molecule has 34 heavy (non-hydrogen) atoms. The molecule has 0 saturated carbocycles. The molecule has 1 aliphatic rings. The third-order valence-corrected chi connectivity index (χ3v) is 6.99. The number of rotatable bonds is 6. The molecule has 1 aliphatic heterocycles. The molecule has 10 nitrogen and oxygen atoms in total. The Kier molecular flexibility index (Phi) is 6.46. The van der Waals surface area contributed by atoms with Crippen molar-refractivity contribution in [3.63, 3.8) is 0 Å². The van der Waals surface area contributed by atoms with Gasteiger partial charge in [-0.15, -0.1) is 0 Å². The molecule has 1 fully saturated rings. The Morgan fingerprint density at radius 3 is 2.35 bits per heavy atom. The third-order valence-electron chi connectivity index (χ3n) is 5.61. The smallest absolute Gasteiger partial charge is 0.273 e. The van der Waals surface area contributed by atoms with Gasteiger partial charge in [0.15, 0.2) is 0 Å². The fourth-order valence-corrected chi connectivity index (χ4v) is 4.79. The van der Waals surface area contributed by atoms with E-state index in [2.05, 4.69) is 14.6 Å². The van der Waals surface area contributed by atoms with E-state index in [0.717, 1.165) is 11.9 Å². The van der Waals surface area contributed by atoms with Gasteiger partial charge in [0.25, 0.3) is 21.6 Å². The number of aryl methyl sites for hydroxylation is 1. The van der Waals surface area contributed by atoms with Gasteiger partial charge in [-0.05, 0) is 49.4 Å². The van der Waals surface area contributed by atoms with Crippen LogP contribution < -0.4 is 9.62 Å². The number of amides is 1. The predicted molar refractivity (Wildman–Crippen MR) is 127 cm³/mol. The molecule has 3 aromatic rings. The first-order chi connectivity index (χ1) is 16.2. The maximum absolute atomic E-state index is 12.9. The molecule has 0 radical (unpaired) electrons. The van der Waals surface area contributed by atoms with Crippen LogP contribution in [0.2, 0.25) is 0 Å². The molecular formula is C23H23N5O5S. The number of carbonyl (C=O) groups is 1. The van der Waals surface area contributed by atoms with Crippen LogP contribution in [-0.4, -0.2) is 55.3 Å². The topological polar surface area (TPSA) is 126 Å². The third kappa shape index (κ3) is 4.99. The summed E-state index contributed by atoms with van der Waals surface area (Å²) in [6.45, 7) is 3.98. The lowest BCUT2D eigenvalue weighted by molar-refractivity contribution is -0.385. The number of aromatic nitrogens is 1. The fourth-order valence-electron chi connectivity index (χ4n) is 3.71. The van der Waals surface area contributed by atoms with Gasteiger partial charge in [-0.25, -0.2) is 13.4 Å². The number of nitrogens with one attached hydrogen (secondary N) is 1. The lowest BCUT2D eigenvalue weighted by atomic mass is 10.1. The van der Waals surface area contributed by atoms with Gasteiger partial charge < -0.3 is 9.80 Å². The molecule has 176 valence electrons. The highest BCUT2D eigenvalue weighted by atomic mass is 32.2. The zero-order valence-corrected chi connectivity index (χ0v) is 19.2. The maximum Gasteiger partial charge on any atom is 0.273 e. The molecule has 0 aliphatic carbocycles. The van der Waals surface area contributed by atoms with Crippen molar-refractivity contribution in [3.05, 3.63) is 88.1 Å². The van der Waals surface area contributed by atoms with Gasteiger partial charge in [0.05, 0.1) is 9.82 Å². The van der Waals surface area contributed by atoms with Gasteiger partial charge in [0, 0.05) is 55.3 Å². The molecule has 1 N–H and O–H groups in total. The minimum absolute atomic E-state index is 0.135. The van der Waals surface area contributed by atoms with E-state index in [-0.39, 0.29) is 22.2 Å². The summed E-state index contributed by atoms with van der Waals surface area (Å²) in [6, 6.07) is 15.6. The van der Waals surface area contributed by atoms with Crippen molar-refractivity contribution >= 4 is 33.1 Å². The Bertz CT molecular complexity index is 1310. The van der Waals surface area contributed by atoms with E-state index in [0.29, 0.717) is 37.3 Å². The molecule has 11 heteroatoms. The van der Waals surface area contributed by atoms with Crippen LogP contribution in [-0.2, 0) is 10.0 Å². The monoisotopic (exact) mass is 481 g/mol. The number of nitro benzene ring substituents is 1. The molecule has 1 amide bonds. The average molecular weight is 482 g/mol. The summed E-state index contributed by atoms with van der Waals surface area (Å²) in [5.74, 6) is 0.745. The average Bonchev–Trinajstić information content (AvgIpc) is 2.84. The van der Waals surface area contributed by atoms with Crippen molar-refractivity contribution in [2.24, 2.45) is 0 Å². The van der Waals surface area contributed by atoms with Crippen LogP contribution in [0, 0.1) is 17.0 Å². The van der Waals surface area contributed by atoms with Crippen LogP contribution in [0.5, 0.6) is 0 Å². The summed E-state index contributed by atoms with van der Waals surface area (Å²) in [7, 11) is -4.03. The van der Waals surface area contributed by atoms with Gasteiger partial charge >= 0.3 is 0 Å². The quantitative estimate of drug-likeness (QED) is 0.424. The number of pyridine rings is 1. The number of sulfonamides is 1. The zero-order valence-electron chi connectivity index (χ0n) is 18.4. The van der Waals surface area contributed by atoms with E-state index in [4.69, 9.17) is 0 Å². The zero-order chi connectivity index (χ0) is 24.3. The fraction of sp³-hybridized carbons (Fsp3) is 0.217. The first kappa shape index (κ1) is 23.2. The van der Waals surface area contributed by atoms with Crippen LogP contribution in [0.25, 0.3) is 0 Å². The molecule has 2 aromatic carbocycles. The van der Waals surface area contributed by atoms with Crippen molar-refractivity contribution in [3.8, 4) is 0 Å². The van der Waals surface area contributed by atoms with Crippen LogP contribution in [0.1, 0.15) is 15.9 Å². The first-order valence-electron chi connectivity index (χ1n) is 10.6. The number of hydrogen-bond acceptors (Lipinski definition) is 7. The number of anilines is 2. The molecule has 1 aromatic heterocycles. The first-order valence-corrected chi connectivity index (χ1v) is 12.1. The van der Waals surface area contributed by atoms with Crippen molar-refractivity contribution in [1.29, 1.82) is 0 Å². The van der Waals surface area contributed by atoms with Gasteiger partial charge in [-0.2, -0.15) is 0 Å². The summed E-state index contributed by atoms with van der Waals surface area (Å²) < 4.78 is 27.8. The lowest BCUT2D eigenvalue weighted by Crippen LogP contribution is -2.49. The van der Waals surface area contributed by atoms with Crippen molar-refractivity contribution < 1.29 is 18.1 Å². The molecular weight excluding hydrogens is 458 g/mol. The second-order valence-corrected chi connectivity index (χ2v) is 9.54. The minimum atomic E-state index is -4.03. The van der Waals surface area contributed by atoms with E-state index in [1.807, 2.05) is 18.2 Å². The van der Waals surface area contributed by atoms with Crippen LogP contribution in [0.15, 0.2) is 71.8 Å². The Morgan fingerprint density at radius 1 is 1.03 bits per heavy atom. The Balaban J connectivity index is 1.41. The summed E-state index contributed by atoms with van der Waals surface area (Å²) in [6.07, 6.45) is 1.74. The van der Waals surface area contributed by atoms with E-state index in [1.165, 1.54) is 31.2 Å². The molecule has 2 heterocycles. The Labute approximate surface area is 197 Å². The Hall–Kier alpha value is -3.99. The number of carbonyl (C=O) groups excluding carboxylic acids is 1.